The van der Waals surface area contributed by atoms with E-state index < -0.39 is 40.9 Å². The van der Waals surface area contributed by atoms with Gasteiger partial charge in [0.15, 0.2) is 17.3 Å². The van der Waals surface area contributed by atoms with Crippen LogP contribution in [0.1, 0.15) is 75.8 Å². The summed E-state index contributed by atoms with van der Waals surface area (Å²) in [6.45, 7) is 4.68. The molecule has 226 valence electrons. The summed E-state index contributed by atoms with van der Waals surface area (Å²) < 4.78 is 27.0. The van der Waals surface area contributed by atoms with E-state index in [1.165, 1.54) is 13.3 Å². The number of hydrogen-bond acceptors (Lipinski definition) is 6. The Morgan fingerprint density at radius 3 is 2.67 bits per heavy atom. The SMILES string of the molecule is CO[C@@H]1C[C@@H](CC(=O)[C@@H]2CC3(CCC(C)(C)CC3)[C@@]3(C(=O)Nc4cc(Cl)ccc43)[C@H]2c2ccnc(Cl)c2F)CO[C@@H]1O. The predicted molar refractivity (Wildman–Crippen MR) is 157 cm³/mol. The standard InChI is InChI=1S/C32H37Cl2FN2O5/c1-30(2)7-9-31(10-8-30)15-20(23(38)12-17-13-24(41-3)28(39)42-16-17)25(19-6-11-36-27(34)26(19)35)32(31)21-5-4-18(33)14-22(21)37-29(32)40/h4-6,11,14,17,20,24-25,28,39H,7-10,12-13,15-16H2,1-3H3,(H,37,40)/t17-,20+,24-,25+,28+,32-/m1/s1. The summed E-state index contributed by atoms with van der Waals surface area (Å²) in [5, 5.41) is 13.4. The first-order valence-electron chi connectivity index (χ1n) is 14.7. The van der Waals surface area contributed by atoms with E-state index in [-0.39, 0.29) is 46.8 Å². The lowest BCUT2D eigenvalue weighted by Crippen LogP contribution is -2.52. The number of fused-ring (bicyclic) bond motifs is 3. The number of halogens is 3. The monoisotopic (exact) mass is 618 g/mol. The van der Waals surface area contributed by atoms with Crippen LogP contribution in [-0.2, 0) is 24.5 Å². The van der Waals surface area contributed by atoms with Gasteiger partial charge in [0.25, 0.3) is 0 Å². The number of methoxy groups -OCH3 is 1. The number of pyridine rings is 1. The molecule has 0 bridgehead atoms. The van der Waals surface area contributed by atoms with Gasteiger partial charge < -0.3 is 19.9 Å². The number of aliphatic hydroxyl groups is 1. The van der Waals surface area contributed by atoms with Crippen molar-refractivity contribution in [2.75, 3.05) is 19.0 Å². The Kier molecular flexibility index (Phi) is 7.71. The number of benzene rings is 1. The average molecular weight is 620 g/mol. The molecule has 2 aliphatic heterocycles. The average Bonchev–Trinajstić information content (AvgIpc) is 3.41. The number of amides is 1. The number of rotatable bonds is 5. The van der Waals surface area contributed by atoms with Crippen LogP contribution in [0.15, 0.2) is 30.5 Å². The lowest BCUT2D eigenvalue weighted by atomic mass is 9.51. The zero-order valence-corrected chi connectivity index (χ0v) is 25.6. The van der Waals surface area contributed by atoms with Crippen molar-refractivity contribution in [3.8, 4) is 0 Å². The number of anilines is 1. The largest absolute Gasteiger partial charge is 0.376 e. The van der Waals surface area contributed by atoms with Crippen molar-refractivity contribution in [2.24, 2.45) is 22.7 Å². The highest BCUT2D eigenvalue weighted by Gasteiger charge is 2.72. The molecule has 2 aliphatic carbocycles. The fraction of sp³-hybridized carbons (Fsp3) is 0.594. The van der Waals surface area contributed by atoms with Gasteiger partial charge in [-0.05, 0) is 84.6 Å². The van der Waals surface area contributed by atoms with Crippen LogP contribution in [0, 0.1) is 28.5 Å². The van der Waals surface area contributed by atoms with Gasteiger partial charge in [-0.25, -0.2) is 9.37 Å². The summed E-state index contributed by atoms with van der Waals surface area (Å²) in [7, 11) is 1.50. The highest BCUT2D eigenvalue weighted by Crippen LogP contribution is 2.72. The van der Waals surface area contributed by atoms with E-state index in [1.54, 1.807) is 18.2 Å². The number of ether oxygens (including phenoxy) is 2. The Morgan fingerprint density at radius 2 is 1.95 bits per heavy atom. The molecule has 2 spiro atoms. The molecule has 10 heteroatoms. The van der Waals surface area contributed by atoms with Gasteiger partial charge in [0, 0.05) is 42.3 Å². The molecule has 1 saturated heterocycles. The van der Waals surface area contributed by atoms with Gasteiger partial charge in [-0.3, -0.25) is 9.59 Å². The summed E-state index contributed by atoms with van der Waals surface area (Å²) in [5.74, 6) is -2.62. The fourth-order valence-electron chi connectivity index (χ4n) is 8.55. The summed E-state index contributed by atoms with van der Waals surface area (Å²) in [6, 6.07) is 6.95. The molecule has 2 N–H and O–H groups in total. The van der Waals surface area contributed by atoms with Crippen molar-refractivity contribution < 1.29 is 28.6 Å². The number of carbonyl (C=O) groups excluding carboxylic acids is 2. The van der Waals surface area contributed by atoms with Gasteiger partial charge >= 0.3 is 0 Å². The van der Waals surface area contributed by atoms with Crippen molar-refractivity contribution in [3.05, 3.63) is 57.6 Å². The molecule has 7 nitrogen and oxygen atoms in total. The van der Waals surface area contributed by atoms with Gasteiger partial charge in [-0.2, -0.15) is 0 Å². The third kappa shape index (κ3) is 4.60. The van der Waals surface area contributed by atoms with Crippen LogP contribution >= 0.6 is 23.2 Å². The minimum atomic E-state index is -1.20. The molecule has 4 aliphatic rings. The maximum Gasteiger partial charge on any atom is 0.236 e. The topological polar surface area (TPSA) is 97.8 Å². The Balaban J connectivity index is 1.51. The zero-order valence-electron chi connectivity index (χ0n) is 24.1. The number of carbonyl (C=O) groups is 2. The summed E-state index contributed by atoms with van der Waals surface area (Å²) in [4.78, 5) is 33.0. The molecule has 0 radical (unpaired) electrons. The Morgan fingerprint density at radius 1 is 1.21 bits per heavy atom. The molecular weight excluding hydrogens is 582 g/mol. The molecule has 1 amide bonds. The summed E-state index contributed by atoms with van der Waals surface area (Å²) >= 11 is 12.6. The van der Waals surface area contributed by atoms with Crippen LogP contribution in [0.2, 0.25) is 10.2 Å². The third-order valence-electron chi connectivity index (χ3n) is 10.7. The molecule has 2 saturated carbocycles. The first-order chi connectivity index (χ1) is 19.9. The predicted octanol–water partition coefficient (Wildman–Crippen LogP) is 6.44. The molecular formula is C32H37Cl2FN2O5. The van der Waals surface area contributed by atoms with Crippen LogP contribution in [0.5, 0.6) is 0 Å². The first-order valence-corrected chi connectivity index (χ1v) is 15.4. The van der Waals surface area contributed by atoms with Crippen LogP contribution in [0.25, 0.3) is 0 Å². The lowest BCUT2D eigenvalue weighted by Gasteiger charge is -2.51. The lowest BCUT2D eigenvalue weighted by molar-refractivity contribution is -0.209. The van der Waals surface area contributed by atoms with Crippen LogP contribution in [0.4, 0.5) is 10.1 Å². The highest BCUT2D eigenvalue weighted by atomic mass is 35.5. The summed E-state index contributed by atoms with van der Waals surface area (Å²) in [6.07, 6.45) is 4.14. The first kappa shape index (κ1) is 29.9. The minimum absolute atomic E-state index is 0.0523. The van der Waals surface area contributed by atoms with E-state index in [0.717, 1.165) is 31.2 Å². The van der Waals surface area contributed by atoms with E-state index >= 15 is 4.39 Å². The zero-order chi connectivity index (χ0) is 30.0. The van der Waals surface area contributed by atoms with Gasteiger partial charge in [-0.1, -0.05) is 43.1 Å². The van der Waals surface area contributed by atoms with E-state index in [9.17, 15) is 14.7 Å². The van der Waals surface area contributed by atoms with Crippen molar-refractivity contribution in [3.63, 3.8) is 0 Å². The maximum atomic E-state index is 16.0. The number of hydrogen-bond donors (Lipinski definition) is 2. The van der Waals surface area contributed by atoms with E-state index in [1.807, 2.05) is 6.07 Å². The molecule has 3 fully saturated rings. The molecule has 6 rings (SSSR count). The van der Waals surface area contributed by atoms with Gasteiger partial charge in [0.05, 0.1) is 12.0 Å². The van der Waals surface area contributed by atoms with E-state index in [4.69, 9.17) is 32.7 Å². The molecule has 1 aromatic carbocycles. The Labute approximate surface area is 255 Å². The number of nitrogens with one attached hydrogen (secondary N) is 1. The van der Waals surface area contributed by atoms with Gasteiger partial charge in [0.2, 0.25) is 5.91 Å². The van der Waals surface area contributed by atoms with E-state index in [2.05, 4.69) is 24.1 Å². The second-order valence-electron chi connectivity index (χ2n) is 13.5. The Bertz CT molecular complexity index is 1410. The van der Waals surface area contributed by atoms with Crippen molar-refractivity contribution in [1.29, 1.82) is 0 Å². The fourth-order valence-corrected chi connectivity index (χ4v) is 8.88. The Hall–Kier alpha value is -2.10. The number of Topliss-reactive ketones (excluding diaryl/α,β-unsaturated/α-hetero) is 1. The molecule has 6 atom stereocenters. The van der Waals surface area contributed by atoms with Crippen molar-refractivity contribution >= 4 is 40.6 Å². The van der Waals surface area contributed by atoms with Gasteiger partial charge in [0.1, 0.15) is 11.9 Å². The third-order valence-corrected chi connectivity index (χ3v) is 11.2. The number of nitrogens with zero attached hydrogens (tertiary/aromatic N) is 1. The molecule has 0 unspecified atom stereocenters. The van der Waals surface area contributed by atoms with Crippen LogP contribution in [-0.4, -0.2) is 47.9 Å². The highest BCUT2D eigenvalue weighted by molar-refractivity contribution is 6.31. The molecule has 42 heavy (non-hydrogen) atoms. The molecule has 2 aromatic rings. The van der Waals surface area contributed by atoms with Gasteiger partial charge in [-0.15, -0.1) is 0 Å². The second-order valence-corrected chi connectivity index (χ2v) is 14.3. The molecule has 3 heterocycles. The second kappa shape index (κ2) is 10.8. The smallest absolute Gasteiger partial charge is 0.236 e. The minimum Gasteiger partial charge on any atom is -0.376 e. The van der Waals surface area contributed by atoms with Crippen molar-refractivity contribution in [1.82, 2.24) is 4.98 Å². The molecule has 1 aromatic heterocycles. The van der Waals surface area contributed by atoms with Crippen LogP contribution in [0.3, 0.4) is 0 Å². The normalized spacial score (nSPS) is 33.1. The number of aliphatic hydroxyl groups excluding tert-OH is 1. The van der Waals surface area contributed by atoms with Crippen LogP contribution < -0.4 is 5.32 Å². The maximum absolute atomic E-state index is 16.0. The van der Waals surface area contributed by atoms with Crippen molar-refractivity contribution in [2.45, 2.75) is 82.5 Å². The number of aromatic nitrogens is 1. The summed E-state index contributed by atoms with van der Waals surface area (Å²) in [5.41, 5.74) is -0.113. The quantitative estimate of drug-likeness (QED) is 0.374. The van der Waals surface area contributed by atoms with E-state index in [0.29, 0.717) is 23.6 Å². The number of ketones is 1.